The molecule has 0 bridgehead atoms. The third kappa shape index (κ3) is 8.08. The number of hydrogen-bond donors (Lipinski definition) is 2. The Morgan fingerprint density at radius 2 is 1.70 bits per heavy atom. The van der Waals surface area contributed by atoms with Crippen molar-refractivity contribution in [2.45, 2.75) is 141 Å². The second-order valence-corrected chi connectivity index (χ2v) is 13.6. The topological polar surface area (TPSA) is 117 Å². The van der Waals surface area contributed by atoms with E-state index in [1.165, 1.54) is 17.5 Å². The number of likely N-dealkylation sites (N-methyl/N-ethyl adjacent to an activating group) is 1. The Labute approximate surface area is 256 Å². The number of carbonyl (C=O) groups excluding carboxylic acids is 4. The van der Waals surface area contributed by atoms with Gasteiger partial charge < -0.3 is 25.0 Å². The highest BCUT2D eigenvalue weighted by molar-refractivity contribution is 5.94. The van der Waals surface area contributed by atoms with Gasteiger partial charge in [0.15, 0.2) is 0 Å². The Balaban J connectivity index is 1.52. The first kappa shape index (κ1) is 32.8. The van der Waals surface area contributed by atoms with E-state index in [0.29, 0.717) is 32.1 Å². The van der Waals surface area contributed by atoms with E-state index >= 15 is 0 Å². The largest absolute Gasteiger partial charge is 0.444 e. The summed E-state index contributed by atoms with van der Waals surface area (Å²) in [6, 6.07) is 5.65. The molecule has 4 rings (SSSR count). The summed E-state index contributed by atoms with van der Waals surface area (Å²) in [5.41, 5.74) is 1.70. The second-order valence-electron chi connectivity index (χ2n) is 13.6. The molecule has 10 heteroatoms. The van der Waals surface area contributed by atoms with E-state index in [2.05, 4.69) is 22.8 Å². The minimum absolute atomic E-state index is 0.0102. The van der Waals surface area contributed by atoms with Gasteiger partial charge in [0, 0.05) is 13.1 Å². The van der Waals surface area contributed by atoms with Gasteiger partial charge in [-0.3, -0.25) is 19.3 Å². The number of nitrogens with one attached hydrogen (secondary N) is 2. The number of nitrogens with zero attached hydrogens (tertiary/aromatic N) is 2. The molecule has 2 fully saturated rings. The van der Waals surface area contributed by atoms with Crippen LogP contribution in [0, 0.1) is 0 Å². The number of amides is 4. The van der Waals surface area contributed by atoms with E-state index in [-0.39, 0.29) is 36.1 Å². The van der Waals surface area contributed by atoms with Crippen molar-refractivity contribution in [3.63, 3.8) is 0 Å². The Hall–Kier alpha value is -3.14. The number of ether oxygens (including phenoxy) is 2. The number of rotatable bonds is 7. The lowest BCUT2D eigenvalue weighted by atomic mass is 9.87. The second kappa shape index (κ2) is 13.7. The SMILES string of the molecule is CC(C)O[C@H]1CC[C@H](NC(=O)[C@H](C)N(C)C(=O)OC(C)(C)C)C(=O)N2[C@H](CC[C@H]2C(=O)N[C@@H]2CCCc3ccccc32)C1. The lowest BCUT2D eigenvalue weighted by molar-refractivity contribution is -0.146. The standard InChI is InChI=1S/C33H50N4O6/c1-20(2)42-24-16-17-27(35-29(38)21(3)36(7)32(41)43-33(4,5)6)31(40)37-23(19-24)15-18-28(37)30(39)34-26-14-10-12-22-11-8-9-13-25(22)26/h8-9,11,13,20-21,23-24,26-28H,10,12,14-19H2,1-7H3,(H,34,39)(H,35,38)/t21-,23+,24-,26+,27-,28-/m0/s1. The molecule has 1 aliphatic carbocycles. The van der Waals surface area contributed by atoms with E-state index in [9.17, 15) is 19.2 Å². The number of carbonyl (C=O) groups is 4. The molecular formula is C33H50N4O6. The zero-order valence-electron chi connectivity index (χ0n) is 26.9. The average molecular weight is 599 g/mol. The molecule has 43 heavy (non-hydrogen) atoms. The maximum absolute atomic E-state index is 14.1. The quantitative estimate of drug-likeness (QED) is 0.485. The van der Waals surface area contributed by atoms with Gasteiger partial charge in [0.1, 0.15) is 23.7 Å². The van der Waals surface area contributed by atoms with Gasteiger partial charge in [-0.25, -0.2) is 4.79 Å². The van der Waals surface area contributed by atoms with Crippen LogP contribution in [0.4, 0.5) is 4.79 Å². The molecule has 1 aromatic rings. The van der Waals surface area contributed by atoms with Crippen LogP contribution in [0.5, 0.6) is 0 Å². The van der Waals surface area contributed by atoms with Crippen LogP contribution in [-0.2, 0) is 30.3 Å². The molecule has 2 aliphatic heterocycles. The van der Waals surface area contributed by atoms with Crippen LogP contribution in [0.2, 0.25) is 0 Å². The van der Waals surface area contributed by atoms with Gasteiger partial charge in [0.05, 0.1) is 18.2 Å². The van der Waals surface area contributed by atoms with Crippen molar-refractivity contribution in [2.75, 3.05) is 7.05 Å². The predicted molar refractivity (Wildman–Crippen MR) is 163 cm³/mol. The minimum Gasteiger partial charge on any atom is -0.444 e. The summed E-state index contributed by atoms with van der Waals surface area (Å²) >= 11 is 0. The summed E-state index contributed by atoms with van der Waals surface area (Å²) in [5.74, 6) is -0.859. The molecule has 0 radical (unpaired) electrons. The van der Waals surface area contributed by atoms with E-state index in [1.54, 1.807) is 32.6 Å². The fourth-order valence-electron chi connectivity index (χ4n) is 6.56. The van der Waals surface area contributed by atoms with Crippen molar-refractivity contribution in [2.24, 2.45) is 0 Å². The molecule has 2 N–H and O–H groups in total. The van der Waals surface area contributed by atoms with Gasteiger partial charge in [-0.1, -0.05) is 24.3 Å². The lowest BCUT2D eigenvalue weighted by Crippen LogP contribution is -2.59. The van der Waals surface area contributed by atoms with Crippen molar-refractivity contribution in [1.82, 2.24) is 20.4 Å². The summed E-state index contributed by atoms with van der Waals surface area (Å²) in [6.45, 7) is 10.9. The van der Waals surface area contributed by atoms with Crippen LogP contribution in [0.15, 0.2) is 24.3 Å². The monoisotopic (exact) mass is 598 g/mol. The van der Waals surface area contributed by atoms with Crippen LogP contribution in [0.3, 0.4) is 0 Å². The van der Waals surface area contributed by atoms with Gasteiger partial charge in [0.2, 0.25) is 17.7 Å². The number of fused-ring (bicyclic) bond motifs is 2. The molecular weight excluding hydrogens is 548 g/mol. The molecule has 2 heterocycles. The molecule has 0 spiro atoms. The molecule has 2 saturated heterocycles. The minimum atomic E-state index is -0.865. The Bertz CT molecular complexity index is 1180. The number of aryl methyl sites for hydroxylation is 1. The fourth-order valence-corrected chi connectivity index (χ4v) is 6.56. The molecule has 0 aromatic heterocycles. The first-order valence-corrected chi connectivity index (χ1v) is 15.9. The highest BCUT2D eigenvalue weighted by Gasteiger charge is 2.46. The van der Waals surface area contributed by atoms with Crippen LogP contribution in [0.25, 0.3) is 0 Å². The average Bonchev–Trinajstić information content (AvgIpc) is 3.35. The normalized spacial score (nSPS) is 26.5. The summed E-state index contributed by atoms with van der Waals surface area (Å²) in [7, 11) is 1.51. The van der Waals surface area contributed by atoms with Gasteiger partial charge in [-0.05, 0) is 104 Å². The summed E-state index contributed by atoms with van der Waals surface area (Å²) in [6.07, 6.45) is 5.02. The summed E-state index contributed by atoms with van der Waals surface area (Å²) < 4.78 is 11.6. The molecule has 10 nitrogen and oxygen atoms in total. The van der Waals surface area contributed by atoms with Gasteiger partial charge in [-0.15, -0.1) is 0 Å². The van der Waals surface area contributed by atoms with Crippen LogP contribution >= 0.6 is 0 Å². The Morgan fingerprint density at radius 3 is 2.40 bits per heavy atom. The van der Waals surface area contributed by atoms with Crippen molar-refractivity contribution in [3.8, 4) is 0 Å². The van der Waals surface area contributed by atoms with Crippen molar-refractivity contribution >= 4 is 23.8 Å². The summed E-state index contributed by atoms with van der Waals surface area (Å²) in [5, 5.41) is 6.17. The number of benzene rings is 1. The van der Waals surface area contributed by atoms with Crippen LogP contribution < -0.4 is 10.6 Å². The smallest absolute Gasteiger partial charge is 0.410 e. The fraction of sp³-hybridized carbons (Fsp3) is 0.697. The van der Waals surface area contributed by atoms with Gasteiger partial charge in [-0.2, -0.15) is 0 Å². The molecule has 1 aromatic carbocycles. The first-order chi connectivity index (χ1) is 20.2. The Morgan fingerprint density at radius 1 is 0.977 bits per heavy atom. The highest BCUT2D eigenvalue weighted by atomic mass is 16.6. The maximum atomic E-state index is 14.1. The lowest BCUT2D eigenvalue weighted by Gasteiger charge is -2.39. The third-order valence-corrected chi connectivity index (χ3v) is 8.78. The van der Waals surface area contributed by atoms with Crippen LogP contribution in [0.1, 0.15) is 104 Å². The van der Waals surface area contributed by atoms with Gasteiger partial charge >= 0.3 is 6.09 Å². The van der Waals surface area contributed by atoms with E-state index < -0.39 is 35.7 Å². The van der Waals surface area contributed by atoms with Crippen molar-refractivity contribution in [1.29, 1.82) is 0 Å². The first-order valence-electron chi connectivity index (χ1n) is 15.9. The molecule has 6 atom stereocenters. The highest BCUT2D eigenvalue weighted by Crippen LogP contribution is 2.35. The molecule has 4 amide bonds. The Kier molecular flexibility index (Phi) is 10.4. The third-order valence-electron chi connectivity index (χ3n) is 8.78. The zero-order valence-corrected chi connectivity index (χ0v) is 26.9. The van der Waals surface area contributed by atoms with Gasteiger partial charge in [0.25, 0.3) is 0 Å². The maximum Gasteiger partial charge on any atom is 0.410 e. The van der Waals surface area contributed by atoms with Crippen molar-refractivity contribution < 1.29 is 28.7 Å². The molecule has 0 saturated carbocycles. The predicted octanol–water partition coefficient (Wildman–Crippen LogP) is 4.26. The van der Waals surface area contributed by atoms with E-state index in [4.69, 9.17) is 9.47 Å². The van der Waals surface area contributed by atoms with Crippen LogP contribution in [-0.4, -0.2) is 82.6 Å². The summed E-state index contributed by atoms with van der Waals surface area (Å²) in [4.78, 5) is 56.9. The zero-order chi connectivity index (χ0) is 31.5. The molecule has 0 unspecified atom stereocenters. The molecule has 3 aliphatic rings. The molecule has 238 valence electrons. The van der Waals surface area contributed by atoms with E-state index in [0.717, 1.165) is 24.8 Å². The van der Waals surface area contributed by atoms with E-state index in [1.807, 2.05) is 26.0 Å². The van der Waals surface area contributed by atoms with Crippen molar-refractivity contribution in [3.05, 3.63) is 35.4 Å². The number of hydrogen-bond acceptors (Lipinski definition) is 6.